The zero-order chi connectivity index (χ0) is 19.8. The molecule has 2 rings (SSSR count). The largest absolute Gasteiger partial charge is 0.484 e. The van der Waals surface area contributed by atoms with E-state index in [0.717, 1.165) is 15.6 Å². The van der Waals surface area contributed by atoms with Gasteiger partial charge in [0.2, 0.25) is 5.91 Å². The molecule has 2 amide bonds. The monoisotopic (exact) mass is 432 g/mol. The Morgan fingerprint density at radius 3 is 2.33 bits per heavy atom. The van der Waals surface area contributed by atoms with Crippen molar-refractivity contribution in [3.05, 3.63) is 64.1 Å². The van der Waals surface area contributed by atoms with Gasteiger partial charge in [-0.15, -0.1) is 0 Å². The predicted molar refractivity (Wildman–Crippen MR) is 110 cm³/mol. The van der Waals surface area contributed by atoms with E-state index < -0.39 is 6.04 Å². The van der Waals surface area contributed by atoms with Gasteiger partial charge in [-0.2, -0.15) is 0 Å². The van der Waals surface area contributed by atoms with Gasteiger partial charge in [-0.25, -0.2) is 0 Å². The van der Waals surface area contributed by atoms with Gasteiger partial charge in [0.05, 0.1) is 0 Å². The van der Waals surface area contributed by atoms with Gasteiger partial charge in [-0.1, -0.05) is 45.8 Å². The molecule has 1 N–H and O–H groups in total. The molecule has 1 atom stereocenters. The van der Waals surface area contributed by atoms with Crippen molar-refractivity contribution in [3.63, 3.8) is 0 Å². The van der Waals surface area contributed by atoms with E-state index in [1.165, 1.54) is 0 Å². The number of nitrogens with one attached hydrogen (secondary N) is 1. The molecule has 0 aliphatic carbocycles. The summed E-state index contributed by atoms with van der Waals surface area (Å²) in [5.41, 5.74) is 2.06. The van der Waals surface area contributed by atoms with Crippen molar-refractivity contribution in [2.75, 3.05) is 13.2 Å². The quantitative estimate of drug-likeness (QED) is 0.691. The van der Waals surface area contributed by atoms with Gasteiger partial charge in [0.15, 0.2) is 6.61 Å². The van der Waals surface area contributed by atoms with Crippen molar-refractivity contribution in [1.82, 2.24) is 10.2 Å². The van der Waals surface area contributed by atoms with Crippen LogP contribution in [0.25, 0.3) is 0 Å². The van der Waals surface area contributed by atoms with Crippen LogP contribution in [0.3, 0.4) is 0 Å². The molecule has 5 nitrogen and oxygen atoms in total. The average molecular weight is 433 g/mol. The van der Waals surface area contributed by atoms with Gasteiger partial charge >= 0.3 is 0 Å². The minimum absolute atomic E-state index is 0.122. The number of hydrogen-bond donors (Lipinski definition) is 1. The van der Waals surface area contributed by atoms with Crippen molar-refractivity contribution in [2.45, 2.75) is 33.4 Å². The molecular weight excluding hydrogens is 408 g/mol. The summed E-state index contributed by atoms with van der Waals surface area (Å²) < 4.78 is 6.58. The van der Waals surface area contributed by atoms with E-state index in [1.54, 1.807) is 11.8 Å². The maximum atomic E-state index is 12.8. The third-order valence-corrected chi connectivity index (χ3v) is 4.70. The second-order valence-corrected chi connectivity index (χ2v) is 7.24. The fourth-order valence-electron chi connectivity index (χ4n) is 2.55. The molecule has 0 saturated heterocycles. The molecule has 2 aromatic rings. The summed E-state index contributed by atoms with van der Waals surface area (Å²) in [4.78, 5) is 26.7. The highest BCUT2D eigenvalue weighted by Gasteiger charge is 2.26. The standard InChI is InChI=1S/C21H25BrN2O3/c1-4-23-21(26)16(3)24(13-17-7-9-18(22)10-8-17)20(25)14-27-19-11-5-15(2)6-12-19/h5-12,16H,4,13-14H2,1-3H3,(H,23,26)/t16-/m0/s1. The molecule has 0 heterocycles. The SMILES string of the molecule is CCNC(=O)[C@H](C)N(Cc1ccc(Br)cc1)C(=O)COc1ccc(C)cc1. The molecule has 0 aliphatic rings. The summed E-state index contributed by atoms with van der Waals surface area (Å²) in [5, 5.41) is 2.77. The molecule has 0 aromatic heterocycles. The Kier molecular flexibility index (Phi) is 7.85. The Bertz CT molecular complexity index is 760. The van der Waals surface area contributed by atoms with E-state index in [-0.39, 0.29) is 18.4 Å². The highest BCUT2D eigenvalue weighted by atomic mass is 79.9. The van der Waals surface area contributed by atoms with E-state index in [4.69, 9.17) is 4.74 Å². The number of halogens is 1. The zero-order valence-electron chi connectivity index (χ0n) is 15.9. The first-order chi connectivity index (χ1) is 12.9. The number of carbonyl (C=O) groups is 2. The van der Waals surface area contributed by atoms with Crippen LogP contribution in [-0.4, -0.2) is 35.9 Å². The fraction of sp³-hybridized carbons (Fsp3) is 0.333. The minimum atomic E-state index is -0.595. The van der Waals surface area contributed by atoms with Gasteiger partial charge in [0.1, 0.15) is 11.8 Å². The lowest BCUT2D eigenvalue weighted by molar-refractivity contribution is -0.142. The number of benzene rings is 2. The van der Waals surface area contributed by atoms with E-state index in [0.29, 0.717) is 18.8 Å². The molecule has 0 fully saturated rings. The van der Waals surface area contributed by atoms with Crippen LogP contribution in [0, 0.1) is 6.92 Å². The molecule has 0 aliphatic heterocycles. The molecule has 6 heteroatoms. The number of likely N-dealkylation sites (N-methyl/N-ethyl adjacent to an activating group) is 1. The Labute approximate surface area is 168 Å². The summed E-state index contributed by atoms with van der Waals surface area (Å²) in [6.07, 6.45) is 0. The van der Waals surface area contributed by atoms with Crippen LogP contribution in [0.1, 0.15) is 25.0 Å². The van der Waals surface area contributed by atoms with E-state index >= 15 is 0 Å². The first-order valence-corrected chi connectivity index (χ1v) is 9.71. The maximum absolute atomic E-state index is 12.8. The number of carbonyl (C=O) groups excluding carboxylic acids is 2. The van der Waals surface area contributed by atoms with Crippen LogP contribution >= 0.6 is 15.9 Å². The van der Waals surface area contributed by atoms with Gasteiger partial charge in [-0.3, -0.25) is 9.59 Å². The first kappa shape index (κ1) is 21.0. The molecule has 0 radical (unpaired) electrons. The molecular formula is C21H25BrN2O3. The molecule has 27 heavy (non-hydrogen) atoms. The summed E-state index contributed by atoms with van der Waals surface area (Å²) in [6, 6.07) is 14.6. The van der Waals surface area contributed by atoms with Crippen LogP contribution in [0.5, 0.6) is 5.75 Å². The number of ether oxygens (including phenoxy) is 1. The fourth-order valence-corrected chi connectivity index (χ4v) is 2.82. The lowest BCUT2D eigenvalue weighted by atomic mass is 10.1. The number of nitrogens with zero attached hydrogens (tertiary/aromatic N) is 1. The van der Waals surface area contributed by atoms with Crippen molar-refractivity contribution < 1.29 is 14.3 Å². The second kappa shape index (κ2) is 10.1. The van der Waals surface area contributed by atoms with Gasteiger partial charge < -0.3 is 15.0 Å². The number of rotatable bonds is 8. The Morgan fingerprint density at radius 2 is 1.74 bits per heavy atom. The molecule has 2 aromatic carbocycles. The van der Waals surface area contributed by atoms with Crippen LogP contribution in [0.15, 0.2) is 53.0 Å². The number of aryl methyl sites for hydroxylation is 1. The molecule has 0 saturated carbocycles. The highest BCUT2D eigenvalue weighted by molar-refractivity contribution is 9.10. The van der Waals surface area contributed by atoms with E-state index in [1.807, 2.05) is 62.4 Å². The topological polar surface area (TPSA) is 58.6 Å². The Hall–Kier alpha value is -2.34. The third-order valence-electron chi connectivity index (χ3n) is 4.17. The van der Waals surface area contributed by atoms with E-state index in [9.17, 15) is 9.59 Å². The lowest BCUT2D eigenvalue weighted by Crippen LogP contribution is -2.49. The van der Waals surface area contributed by atoms with Gasteiger partial charge in [0.25, 0.3) is 5.91 Å². The average Bonchev–Trinajstić information content (AvgIpc) is 2.66. The first-order valence-electron chi connectivity index (χ1n) is 8.91. The smallest absolute Gasteiger partial charge is 0.261 e. The van der Waals surface area contributed by atoms with Crippen molar-refractivity contribution >= 4 is 27.7 Å². The van der Waals surface area contributed by atoms with Crippen molar-refractivity contribution in [1.29, 1.82) is 0 Å². The van der Waals surface area contributed by atoms with Crippen LogP contribution < -0.4 is 10.1 Å². The van der Waals surface area contributed by atoms with Crippen LogP contribution in [-0.2, 0) is 16.1 Å². The minimum Gasteiger partial charge on any atom is -0.484 e. The molecule has 0 spiro atoms. The summed E-state index contributed by atoms with van der Waals surface area (Å²) >= 11 is 3.40. The van der Waals surface area contributed by atoms with Crippen LogP contribution in [0.2, 0.25) is 0 Å². The third kappa shape index (κ3) is 6.40. The predicted octanol–water partition coefficient (Wildman–Crippen LogP) is 3.69. The number of amides is 2. The van der Waals surface area contributed by atoms with Crippen molar-refractivity contribution in [2.24, 2.45) is 0 Å². The second-order valence-electron chi connectivity index (χ2n) is 6.32. The normalized spacial score (nSPS) is 11.6. The summed E-state index contributed by atoms with van der Waals surface area (Å²) in [6.45, 7) is 6.30. The molecule has 0 unspecified atom stereocenters. The maximum Gasteiger partial charge on any atom is 0.261 e. The molecule has 0 bridgehead atoms. The lowest BCUT2D eigenvalue weighted by Gasteiger charge is -2.28. The van der Waals surface area contributed by atoms with Gasteiger partial charge in [0, 0.05) is 17.6 Å². The van der Waals surface area contributed by atoms with Crippen molar-refractivity contribution in [3.8, 4) is 5.75 Å². The Morgan fingerprint density at radius 1 is 1.11 bits per heavy atom. The summed E-state index contributed by atoms with van der Waals surface area (Å²) in [5.74, 6) is 0.207. The number of hydrogen-bond acceptors (Lipinski definition) is 3. The van der Waals surface area contributed by atoms with E-state index in [2.05, 4.69) is 21.2 Å². The molecule has 144 valence electrons. The van der Waals surface area contributed by atoms with Crippen LogP contribution in [0.4, 0.5) is 0 Å². The summed E-state index contributed by atoms with van der Waals surface area (Å²) in [7, 11) is 0. The van der Waals surface area contributed by atoms with Gasteiger partial charge in [-0.05, 0) is 50.6 Å². The Balaban J connectivity index is 2.11. The highest BCUT2D eigenvalue weighted by Crippen LogP contribution is 2.16. The zero-order valence-corrected chi connectivity index (χ0v) is 17.5.